The van der Waals surface area contributed by atoms with E-state index in [0.29, 0.717) is 0 Å². The van der Waals surface area contributed by atoms with Crippen LogP contribution in [-0.4, -0.2) is 0 Å². The van der Waals surface area contributed by atoms with E-state index in [1.807, 2.05) is 0 Å². The van der Waals surface area contributed by atoms with Gasteiger partial charge in [-0.1, -0.05) is 115 Å². The summed E-state index contributed by atoms with van der Waals surface area (Å²) in [6.07, 6.45) is 14.8. The van der Waals surface area contributed by atoms with Crippen molar-refractivity contribution in [3.63, 3.8) is 0 Å². The zero-order valence-corrected chi connectivity index (χ0v) is 33.2. The molecule has 14 rings (SSSR count). The second-order valence-corrected chi connectivity index (χ2v) is 19.4. The van der Waals surface area contributed by atoms with Crippen LogP contribution in [-0.2, 0) is 0 Å². The molecule has 8 aliphatic rings. The number of hydrogen-bond acceptors (Lipinski definition) is 1. The molecule has 0 aromatic heterocycles. The van der Waals surface area contributed by atoms with Crippen molar-refractivity contribution in [3.8, 4) is 33.4 Å². The Morgan fingerprint density at radius 3 is 0.947 bits per heavy atom. The Morgan fingerprint density at radius 2 is 0.596 bits per heavy atom. The lowest BCUT2D eigenvalue weighted by Crippen LogP contribution is -2.45. The zero-order chi connectivity index (χ0) is 37.5. The van der Waals surface area contributed by atoms with E-state index in [0.717, 1.165) is 59.2 Å². The van der Waals surface area contributed by atoms with Crippen LogP contribution in [0.2, 0.25) is 0 Å². The summed E-state index contributed by atoms with van der Waals surface area (Å²) in [4.78, 5) is 2.45. The monoisotopic (exact) mass is 741 g/mol. The van der Waals surface area contributed by atoms with Gasteiger partial charge in [-0.2, -0.15) is 0 Å². The van der Waals surface area contributed by atoms with Crippen molar-refractivity contribution in [1.82, 2.24) is 0 Å². The van der Waals surface area contributed by atoms with Gasteiger partial charge in [-0.3, -0.25) is 0 Å². The average Bonchev–Trinajstić information content (AvgIpc) is 3.25. The molecule has 1 heteroatoms. The van der Waals surface area contributed by atoms with E-state index < -0.39 is 0 Å². The lowest BCUT2D eigenvalue weighted by atomic mass is 9.49. The molecule has 0 amide bonds. The van der Waals surface area contributed by atoms with Crippen molar-refractivity contribution in [1.29, 1.82) is 0 Å². The summed E-state index contributed by atoms with van der Waals surface area (Å²) < 4.78 is 0. The molecule has 6 aromatic rings. The van der Waals surface area contributed by atoms with Crippen LogP contribution in [0.25, 0.3) is 33.4 Å². The molecule has 8 saturated carbocycles. The first-order valence-corrected chi connectivity index (χ1v) is 22.5. The number of benzene rings is 6. The summed E-state index contributed by atoms with van der Waals surface area (Å²) in [6, 6.07) is 57.4. The fraction of sp³-hybridized carbons (Fsp3) is 0.357. The van der Waals surface area contributed by atoms with E-state index in [-0.39, 0.29) is 0 Å². The Balaban J connectivity index is 0.956. The van der Waals surface area contributed by atoms with Crippen LogP contribution in [0.5, 0.6) is 0 Å². The Bertz CT molecular complexity index is 2160. The standard InChI is InChI=1S/C56H55N/c1-3-8-40(9-4-1)42-14-20-49(21-15-42)57(50-22-16-43(17-23-50)41-10-5-2-6-11-41)51-24-18-44(19-25-51)56-52(54-45-28-36-26-37(30-45)31-46(54)29-36)12-7-13-53(56)55-47-32-38-27-39(34-47)35-48(55)33-38/h1-25,36-39,45-48,54-55H,26-35H2. The van der Waals surface area contributed by atoms with Crippen LogP contribution < -0.4 is 4.90 Å². The van der Waals surface area contributed by atoms with Crippen molar-refractivity contribution >= 4 is 17.1 Å². The first-order valence-electron chi connectivity index (χ1n) is 22.5. The fourth-order valence-corrected chi connectivity index (χ4v) is 14.4. The van der Waals surface area contributed by atoms with E-state index in [2.05, 4.69) is 157 Å². The Hall–Kier alpha value is -4.88. The minimum atomic E-state index is 0.729. The lowest BCUT2D eigenvalue weighted by molar-refractivity contribution is -0.00462. The highest BCUT2D eigenvalue weighted by Gasteiger charge is 2.51. The highest BCUT2D eigenvalue weighted by Crippen LogP contribution is 2.64. The maximum Gasteiger partial charge on any atom is 0.0462 e. The topological polar surface area (TPSA) is 3.24 Å². The van der Waals surface area contributed by atoms with Gasteiger partial charge in [0.25, 0.3) is 0 Å². The third-order valence-electron chi connectivity index (χ3n) is 16.2. The van der Waals surface area contributed by atoms with Gasteiger partial charge in [0.1, 0.15) is 0 Å². The third kappa shape index (κ3) is 6.02. The van der Waals surface area contributed by atoms with Crippen LogP contribution in [0.1, 0.15) is 87.2 Å². The molecule has 8 fully saturated rings. The maximum atomic E-state index is 2.60. The predicted octanol–water partition coefficient (Wildman–Crippen LogP) is 15.2. The fourth-order valence-electron chi connectivity index (χ4n) is 14.4. The average molecular weight is 742 g/mol. The number of nitrogens with zero attached hydrogens (tertiary/aromatic N) is 1. The van der Waals surface area contributed by atoms with Crippen molar-refractivity contribution in [2.75, 3.05) is 4.90 Å². The van der Waals surface area contributed by atoms with Crippen molar-refractivity contribution in [2.45, 2.75) is 76.0 Å². The van der Waals surface area contributed by atoms with Gasteiger partial charge in [0.2, 0.25) is 0 Å². The second-order valence-electron chi connectivity index (χ2n) is 19.4. The molecule has 0 spiro atoms. The summed E-state index contributed by atoms with van der Waals surface area (Å²) in [5.41, 5.74) is 15.1. The molecule has 284 valence electrons. The number of rotatable bonds is 8. The van der Waals surface area contributed by atoms with Gasteiger partial charge in [-0.25, -0.2) is 0 Å². The molecule has 0 N–H and O–H groups in total. The quantitative estimate of drug-likeness (QED) is 0.150. The van der Waals surface area contributed by atoms with Crippen LogP contribution in [0.3, 0.4) is 0 Å². The van der Waals surface area contributed by atoms with Gasteiger partial charge in [0.15, 0.2) is 0 Å². The zero-order valence-electron chi connectivity index (χ0n) is 33.2. The van der Waals surface area contributed by atoms with Gasteiger partial charge in [-0.05, 0) is 204 Å². The Labute approximate surface area is 340 Å². The molecule has 0 radical (unpaired) electrons. The first-order chi connectivity index (χ1) is 28.2. The molecule has 0 heterocycles. The molecule has 57 heavy (non-hydrogen) atoms. The van der Waals surface area contributed by atoms with E-state index in [4.69, 9.17) is 0 Å². The van der Waals surface area contributed by atoms with Crippen molar-refractivity contribution < 1.29 is 0 Å². The molecular formula is C56H55N. The third-order valence-corrected chi connectivity index (χ3v) is 16.2. The van der Waals surface area contributed by atoms with Crippen LogP contribution in [0.4, 0.5) is 17.1 Å². The van der Waals surface area contributed by atoms with E-state index >= 15 is 0 Å². The Kier molecular flexibility index (Phi) is 8.34. The second kappa shape index (κ2) is 13.9. The highest BCUT2D eigenvalue weighted by molar-refractivity contribution is 5.82. The minimum Gasteiger partial charge on any atom is -0.311 e. The van der Waals surface area contributed by atoms with E-state index in [9.17, 15) is 0 Å². The highest BCUT2D eigenvalue weighted by atomic mass is 15.1. The molecule has 8 bridgehead atoms. The van der Waals surface area contributed by atoms with Crippen molar-refractivity contribution in [2.24, 2.45) is 47.3 Å². The molecule has 1 nitrogen and oxygen atoms in total. The van der Waals surface area contributed by atoms with E-state index in [1.54, 1.807) is 16.7 Å². The molecule has 0 unspecified atom stereocenters. The van der Waals surface area contributed by atoms with Gasteiger partial charge in [0.05, 0.1) is 0 Å². The van der Waals surface area contributed by atoms with Crippen molar-refractivity contribution in [3.05, 3.63) is 163 Å². The summed E-state index contributed by atoms with van der Waals surface area (Å²) in [5.74, 6) is 8.94. The van der Waals surface area contributed by atoms with Crippen LogP contribution in [0, 0.1) is 47.3 Å². The minimum absolute atomic E-state index is 0.729. The predicted molar refractivity (Wildman–Crippen MR) is 237 cm³/mol. The van der Waals surface area contributed by atoms with Gasteiger partial charge in [0, 0.05) is 17.1 Å². The molecule has 6 aromatic carbocycles. The summed E-state index contributed by atoms with van der Waals surface area (Å²) >= 11 is 0. The normalized spacial score (nSPS) is 30.5. The van der Waals surface area contributed by atoms with Crippen LogP contribution in [0.15, 0.2) is 152 Å². The molecule has 0 aliphatic heterocycles. The van der Waals surface area contributed by atoms with Gasteiger partial charge < -0.3 is 4.90 Å². The molecule has 0 atom stereocenters. The van der Waals surface area contributed by atoms with Gasteiger partial charge in [-0.15, -0.1) is 0 Å². The number of anilines is 3. The summed E-state index contributed by atoms with van der Waals surface area (Å²) in [5, 5.41) is 0. The Morgan fingerprint density at radius 1 is 0.281 bits per heavy atom. The SMILES string of the molecule is c1ccc(-c2ccc(N(c3ccc(-c4ccccc4)cc3)c3ccc(-c4c(C5C6CC7CC(C6)CC5C7)cccc4C4C5CC6CC(C5)CC4C6)cc3)cc2)cc1. The summed E-state index contributed by atoms with van der Waals surface area (Å²) in [7, 11) is 0. The smallest absolute Gasteiger partial charge is 0.0462 e. The van der Waals surface area contributed by atoms with Crippen LogP contribution >= 0.6 is 0 Å². The first kappa shape index (κ1) is 34.2. The molecule has 0 saturated heterocycles. The molecular weight excluding hydrogens is 687 g/mol. The summed E-state index contributed by atoms with van der Waals surface area (Å²) in [6.45, 7) is 0. The van der Waals surface area contributed by atoms with Gasteiger partial charge >= 0.3 is 0 Å². The molecule has 8 aliphatic carbocycles. The number of hydrogen-bond donors (Lipinski definition) is 0. The largest absolute Gasteiger partial charge is 0.311 e. The lowest BCUT2D eigenvalue weighted by Gasteiger charge is -2.56. The maximum absolute atomic E-state index is 2.60. The van der Waals surface area contributed by atoms with E-state index in [1.165, 1.54) is 109 Å².